The summed E-state index contributed by atoms with van der Waals surface area (Å²) in [5.41, 5.74) is 0.912. The molecule has 3 heterocycles. The summed E-state index contributed by atoms with van der Waals surface area (Å²) in [6, 6.07) is 5.77. The third-order valence-electron chi connectivity index (χ3n) is 4.17. The molecular weight excluding hydrogens is 310 g/mol. The maximum Gasteiger partial charge on any atom is 0.346 e. The molecule has 0 aliphatic carbocycles. The van der Waals surface area contributed by atoms with Gasteiger partial charge in [-0.3, -0.25) is 9.47 Å². The van der Waals surface area contributed by atoms with E-state index in [1.165, 1.54) is 4.68 Å². The minimum absolute atomic E-state index is 0.0524. The van der Waals surface area contributed by atoms with Gasteiger partial charge in [0, 0.05) is 45.8 Å². The van der Waals surface area contributed by atoms with Crippen molar-refractivity contribution >= 4 is 0 Å². The van der Waals surface area contributed by atoms with Gasteiger partial charge in [0.25, 0.3) is 0 Å². The number of ether oxygens (including phenoxy) is 2. The lowest BCUT2D eigenvalue weighted by atomic mass is 10.3. The summed E-state index contributed by atoms with van der Waals surface area (Å²) in [6.07, 6.45) is 0.749. The Morgan fingerprint density at radius 1 is 1.21 bits per heavy atom. The van der Waals surface area contributed by atoms with Crippen LogP contribution in [-0.4, -0.2) is 58.1 Å². The van der Waals surface area contributed by atoms with Gasteiger partial charge >= 0.3 is 5.69 Å². The second-order valence-corrected chi connectivity index (χ2v) is 5.76. The zero-order chi connectivity index (χ0) is 16.9. The average Bonchev–Trinajstić information content (AvgIpc) is 2.77. The summed E-state index contributed by atoms with van der Waals surface area (Å²) >= 11 is 0. The molecule has 0 saturated carbocycles. The Balaban J connectivity index is 1.66. The van der Waals surface area contributed by atoms with Crippen molar-refractivity contribution in [2.45, 2.75) is 26.1 Å². The number of fused-ring (bicyclic) bond motifs is 1. The molecule has 0 saturated heterocycles. The molecule has 0 amide bonds. The Hall–Kier alpha value is -2.19. The van der Waals surface area contributed by atoms with Crippen LogP contribution in [0.2, 0.25) is 0 Å². The Morgan fingerprint density at radius 3 is 2.88 bits per heavy atom. The number of rotatable bonds is 6. The monoisotopic (exact) mass is 333 g/mol. The van der Waals surface area contributed by atoms with Gasteiger partial charge in [0.2, 0.25) is 5.88 Å². The van der Waals surface area contributed by atoms with E-state index in [-0.39, 0.29) is 5.69 Å². The summed E-state index contributed by atoms with van der Waals surface area (Å²) in [5, 5.41) is 4.44. The molecule has 0 atom stereocenters. The molecule has 0 aromatic carbocycles. The summed E-state index contributed by atoms with van der Waals surface area (Å²) in [5.74, 6) is 1.47. The van der Waals surface area contributed by atoms with Gasteiger partial charge in [-0.05, 0) is 6.07 Å². The Kier molecular flexibility index (Phi) is 5.27. The highest BCUT2D eigenvalue weighted by Crippen LogP contribution is 2.11. The lowest BCUT2D eigenvalue weighted by Crippen LogP contribution is -2.31. The fourth-order valence-corrected chi connectivity index (χ4v) is 2.88. The van der Waals surface area contributed by atoms with Crippen molar-refractivity contribution in [3.63, 3.8) is 0 Å². The Morgan fingerprint density at radius 2 is 2.08 bits per heavy atom. The molecule has 8 nitrogen and oxygen atoms in total. The summed E-state index contributed by atoms with van der Waals surface area (Å²) < 4.78 is 13.5. The first-order valence-electron chi connectivity index (χ1n) is 8.09. The van der Waals surface area contributed by atoms with Gasteiger partial charge in [-0.1, -0.05) is 6.07 Å². The van der Waals surface area contributed by atoms with Crippen LogP contribution in [0.5, 0.6) is 5.88 Å². The van der Waals surface area contributed by atoms with Crippen LogP contribution in [0.25, 0.3) is 0 Å². The smallest absolute Gasteiger partial charge is 0.346 e. The lowest BCUT2D eigenvalue weighted by molar-refractivity contribution is 0.181. The quantitative estimate of drug-likeness (QED) is 0.749. The number of methoxy groups -OCH3 is 2. The van der Waals surface area contributed by atoms with Crippen molar-refractivity contribution < 1.29 is 9.47 Å². The first-order valence-corrected chi connectivity index (χ1v) is 8.09. The molecule has 0 bridgehead atoms. The van der Waals surface area contributed by atoms with Crippen molar-refractivity contribution in [2.24, 2.45) is 0 Å². The molecule has 3 rings (SSSR count). The number of hydrogen-bond donors (Lipinski definition) is 0. The summed E-state index contributed by atoms with van der Waals surface area (Å²) in [7, 11) is 3.24. The third-order valence-corrected chi connectivity index (χ3v) is 4.17. The van der Waals surface area contributed by atoms with Crippen molar-refractivity contribution in [3.8, 4) is 5.88 Å². The molecular formula is C16H23N5O3. The molecule has 0 N–H and O–H groups in total. The van der Waals surface area contributed by atoms with Crippen LogP contribution in [0.15, 0.2) is 23.0 Å². The summed E-state index contributed by atoms with van der Waals surface area (Å²) in [6.45, 7) is 4.00. The van der Waals surface area contributed by atoms with Crippen molar-refractivity contribution in [3.05, 3.63) is 40.2 Å². The molecule has 0 radical (unpaired) electrons. The van der Waals surface area contributed by atoms with E-state index in [0.29, 0.717) is 25.6 Å². The van der Waals surface area contributed by atoms with Gasteiger partial charge in [0.15, 0.2) is 0 Å². The lowest BCUT2D eigenvalue weighted by Gasteiger charge is -2.19. The standard InChI is InChI=1S/C16H23N5O3/c1-23-11-10-21-16(22)20-9-8-19(7-6-14(20)18-21)12-13-4-3-5-15(17-13)24-2/h3-5H,6-12H2,1-2H3. The van der Waals surface area contributed by atoms with E-state index in [1.807, 2.05) is 18.2 Å². The van der Waals surface area contributed by atoms with Crippen molar-refractivity contribution in [2.75, 3.05) is 33.9 Å². The minimum Gasteiger partial charge on any atom is -0.481 e. The predicted molar refractivity (Wildman–Crippen MR) is 88.1 cm³/mol. The highest BCUT2D eigenvalue weighted by Gasteiger charge is 2.19. The van der Waals surface area contributed by atoms with E-state index < -0.39 is 0 Å². The van der Waals surface area contributed by atoms with Crippen LogP contribution < -0.4 is 10.4 Å². The number of aromatic nitrogens is 4. The van der Waals surface area contributed by atoms with E-state index in [9.17, 15) is 4.79 Å². The van der Waals surface area contributed by atoms with Crippen molar-refractivity contribution in [1.82, 2.24) is 24.2 Å². The molecule has 0 unspecified atom stereocenters. The van der Waals surface area contributed by atoms with Crippen LogP contribution in [0.4, 0.5) is 0 Å². The molecule has 130 valence electrons. The highest BCUT2D eigenvalue weighted by atomic mass is 16.5. The molecule has 1 aliphatic heterocycles. The van der Waals surface area contributed by atoms with Gasteiger partial charge in [0.1, 0.15) is 5.82 Å². The van der Waals surface area contributed by atoms with Gasteiger partial charge < -0.3 is 9.47 Å². The highest BCUT2D eigenvalue weighted by molar-refractivity contribution is 5.15. The Bertz CT molecular complexity index is 740. The molecule has 0 spiro atoms. The fourth-order valence-electron chi connectivity index (χ4n) is 2.88. The molecule has 2 aromatic rings. The third kappa shape index (κ3) is 3.65. The van der Waals surface area contributed by atoms with E-state index in [4.69, 9.17) is 9.47 Å². The van der Waals surface area contributed by atoms with E-state index in [0.717, 1.165) is 37.6 Å². The largest absolute Gasteiger partial charge is 0.481 e. The van der Waals surface area contributed by atoms with Crippen molar-refractivity contribution in [1.29, 1.82) is 0 Å². The van der Waals surface area contributed by atoms with E-state index in [1.54, 1.807) is 18.8 Å². The normalized spacial score (nSPS) is 15.1. The number of pyridine rings is 1. The van der Waals surface area contributed by atoms with Gasteiger partial charge in [0.05, 0.1) is 26.0 Å². The predicted octanol–water partition coefficient (Wildman–Crippen LogP) is 0.153. The number of hydrogen-bond acceptors (Lipinski definition) is 6. The first-order chi connectivity index (χ1) is 11.7. The van der Waals surface area contributed by atoms with Crippen LogP contribution in [0.1, 0.15) is 11.5 Å². The topological polar surface area (TPSA) is 74.4 Å². The van der Waals surface area contributed by atoms with Gasteiger partial charge in [-0.15, -0.1) is 0 Å². The second-order valence-electron chi connectivity index (χ2n) is 5.76. The van der Waals surface area contributed by atoms with E-state index in [2.05, 4.69) is 15.0 Å². The number of nitrogens with zero attached hydrogens (tertiary/aromatic N) is 5. The maximum atomic E-state index is 12.4. The fraction of sp³-hybridized carbons (Fsp3) is 0.562. The van der Waals surface area contributed by atoms with Crippen LogP contribution in [-0.2, 0) is 30.8 Å². The zero-order valence-electron chi connectivity index (χ0n) is 14.1. The van der Waals surface area contributed by atoms with Crippen LogP contribution in [0, 0.1) is 0 Å². The molecule has 0 fully saturated rings. The van der Waals surface area contributed by atoms with Crippen LogP contribution >= 0.6 is 0 Å². The molecule has 2 aromatic heterocycles. The van der Waals surface area contributed by atoms with E-state index >= 15 is 0 Å². The minimum atomic E-state index is -0.0524. The van der Waals surface area contributed by atoms with Gasteiger partial charge in [-0.25, -0.2) is 14.5 Å². The average molecular weight is 333 g/mol. The molecule has 8 heteroatoms. The Labute approximate surface area is 140 Å². The maximum absolute atomic E-state index is 12.4. The first kappa shape index (κ1) is 16.7. The molecule has 1 aliphatic rings. The summed E-state index contributed by atoms with van der Waals surface area (Å²) in [4.78, 5) is 19.1. The SMILES string of the molecule is COCCn1nc2n(c1=O)CCN(Cc1cccc(OC)n1)CC2. The molecule has 24 heavy (non-hydrogen) atoms. The zero-order valence-corrected chi connectivity index (χ0v) is 14.1. The van der Waals surface area contributed by atoms with Crippen LogP contribution in [0.3, 0.4) is 0 Å². The van der Waals surface area contributed by atoms with Gasteiger partial charge in [-0.2, -0.15) is 5.10 Å². The second kappa shape index (κ2) is 7.59.